The van der Waals surface area contributed by atoms with Crippen LogP contribution in [-0.4, -0.2) is 13.2 Å². The number of benzene rings is 1. The second-order valence-electron chi connectivity index (χ2n) is 2.92. The number of hydrogen-bond donors (Lipinski definition) is 1. The Hall–Kier alpha value is -0.540. The van der Waals surface area contributed by atoms with Gasteiger partial charge in [-0.15, -0.1) is 0 Å². The first kappa shape index (κ1) is 10.5. The maximum absolute atomic E-state index is 5.53. The minimum Gasteiger partial charge on any atom is -0.492 e. The maximum atomic E-state index is 5.53. The molecule has 1 aromatic carbocycles. The fourth-order valence-electron chi connectivity index (χ4n) is 0.987. The van der Waals surface area contributed by atoms with Gasteiger partial charge in [0.15, 0.2) is 0 Å². The fraction of sp³-hybridized carbons (Fsp3) is 0.400. The first-order valence-corrected chi connectivity index (χ1v) is 5.12. The van der Waals surface area contributed by atoms with Crippen LogP contribution in [0.15, 0.2) is 22.7 Å². The van der Waals surface area contributed by atoms with Gasteiger partial charge in [-0.2, -0.15) is 0 Å². The summed E-state index contributed by atoms with van der Waals surface area (Å²) >= 11 is 3.43. The summed E-state index contributed by atoms with van der Waals surface area (Å²) in [6.45, 7) is 3.39. The molecule has 0 saturated heterocycles. The summed E-state index contributed by atoms with van der Waals surface area (Å²) in [4.78, 5) is 0. The molecule has 0 amide bonds. The summed E-state index contributed by atoms with van der Waals surface area (Å²) < 4.78 is 6.53. The highest BCUT2D eigenvalue weighted by Gasteiger charge is 1.99. The van der Waals surface area contributed by atoms with Crippen LogP contribution in [0, 0.1) is 6.92 Å². The van der Waals surface area contributed by atoms with E-state index >= 15 is 0 Å². The minimum atomic E-state index is 0.670. The lowest BCUT2D eigenvalue weighted by molar-refractivity contribution is 0.311. The predicted molar refractivity (Wildman–Crippen MR) is 58.0 cm³/mol. The van der Waals surface area contributed by atoms with E-state index in [1.807, 2.05) is 25.1 Å². The third-order valence-corrected chi connectivity index (χ3v) is 2.35. The second kappa shape index (κ2) is 5.25. The number of halogens is 1. The van der Waals surface area contributed by atoms with Crippen LogP contribution in [0.5, 0.6) is 5.75 Å². The van der Waals surface area contributed by atoms with E-state index in [4.69, 9.17) is 10.5 Å². The summed E-state index contributed by atoms with van der Waals surface area (Å²) in [6.07, 6.45) is 0.889. The van der Waals surface area contributed by atoms with E-state index in [0.29, 0.717) is 13.2 Å². The van der Waals surface area contributed by atoms with E-state index in [0.717, 1.165) is 16.6 Å². The monoisotopic (exact) mass is 243 g/mol. The van der Waals surface area contributed by atoms with Crippen molar-refractivity contribution in [1.82, 2.24) is 0 Å². The zero-order valence-corrected chi connectivity index (χ0v) is 9.30. The topological polar surface area (TPSA) is 35.2 Å². The number of ether oxygens (including phenoxy) is 1. The standard InChI is InChI=1S/C10H14BrNO/c1-8-3-4-9(11)10(7-8)13-6-2-5-12/h3-4,7H,2,5-6,12H2,1H3. The van der Waals surface area contributed by atoms with Crippen molar-refractivity contribution in [2.24, 2.45) is 5.73 Å². The average Bonchev–Trinajstić information content (AvgIpc) is 2.11. The molecule has 3 heteroatoms. The van der Waals surface area contributed by atoms with Gasteiger partial charge in [0.25, 0.3) is 0 Å². The smallest absolute Gasteiger partial charge is 0.133 e. The number of hydrogen-bond acceptors (Lipinski definition) is 2. The predicted octanol–water partition coefficient (Wildman–Crippen LogP) is 2.49. The highest BCUT2D eigenvalue weighted by atomic mass is 79.9. The summed E-state index contributed by atoms with van der Waals surface area (Å²) in [7, 11) is 0. The Bertz CT molecular complexity index is 276. The molecule has 0 aromatic heterocycles. The lowest BCUT2D eigenvalue weighted by atomic mass is 10.2. The molecule has 0 fully saturated rings. The van der Waals surface area contributed by atoms with Crippen molar-refractivity contribution in [3.05, 3.63) is 28.2 Å². The lowest BCUT2D eigenvalue weighted by Crippen LogP contribution is -2.06. The Kier molecular flexibility index (Phi) is 4.25. The van der Waals surface area contributed by atoms with Crippen LogP contribution in [0.3, 0.4) is 0 Å². The van der Waals surface area contributed by atoms with Crippen LogP contribution in [0.25, 0.3) is 0 Å². The molecule has 0 unspecified atom stereocenters. The van der Waals surface area contributed by atoms with Gasteiger partial charge in [0, 0.05) is 0 Å². The molecular weight excluding hydrogens is 230 g/mol. The van der Waals surface area contributed by atoms with Gasteiger partial charge >= 0.3 is 0 Å². The van der Waals surface area contributed by atoms with Gasteiger partial charge < -0.3 is 10.5 Å². The lowest BCUT2D eigenvalue weighted by Gasteiger charge is -2.07. The van der Waals surface area contributed by atoms with Crippen LogP contribution in [-0.2, 0) is 0 Å². The Balaban J connectivity index is 2.59. The first-order valence-electron chi connectivity index (χ1n) is 4.33. The average molecular weight is 244 g/mol. The van der Waals surface area contributed by atoms with Crippen molar-refractivity contribution in [2.45, 2.75) is 13.3 Å². The normalized spacial score (nSPS) is 10.1. The van der Waals surface area contributed by atoms with E-state index in [2.05, 4.69) is 15.9 Å². The zero-order valence-electron chi connectivity index (χ0n) is 7.72. The molecule has 0 bridgehead atoms. The minimum absolute atomic E-state index is 0.670. The molecule has 1 rings (SSSR count). The third kappa shape index (κ3) is 3.36. The van der Waals surface area contributed by atoms with E-state index in [-0.39, 0.29) is 0 Å². The molecule has 2 nitrogen and oxygen atoms in total. The highest BCUT2D eigenvalue weighted by molar-refractivity contribution is 9.10. The number of aryl methyl sites for hydroxylation is 1. The molecule has 0 aliphatic rings. The highest BCUT2D eigenvalue weighted by Crippen LogP contribution is 2.25. The van der Waals surface area contributed by atoms with Crippen LogP contribution >= 0.6 is 15.9 Å². The Labute approximate surface area is 87.2 Å². The Morgan fingerprint density at radius 2 is 2.23 bits per heavy atom. The van der Waals surface area contributed by atoms with E-state index < -0.39 is 0 Å². The van der Waals surface area contributed by atoms with E-state index in [9.17, 15) is 0 Å². The molecule has 0 heterocycles. The molecule has 1 aromatic rings. The third-order valence-electron chi connectivity index (χ3n) is 1.69. The summed E-state index contributed by atoms with van der Waals surface area (Å²) in [5.74, 6) is 0.897. The maximum Gasteiger partial charge on any atom is 0.133 e. The number of rotatable bonds is 4. The van der Waals surface area contributed by atoms with Crippen molar-refractivity contribution in [1.29, 1.82) is 0 Å². The molecule has 0 spiro atoms. The second-order valence-corrected chi connectivity index (χ2v) is 3.78. The number of nitrogens with two attached hydrogens (primary N) is 1. The molecule has 0 aliphatic heterocycles. The molecular formula is C10H14BrNO. The van der Waals surface area contributed by atoms with Crippen LogP contribution < -0.4 is 10.5 Å². The molecule has 2 N–H and O–H groups in total. The van der Waals surface area contributed by atoms with Gasteiger partial charge in [0.2, 0.25) is 0 Å². The Morgan fingerprint density at radius 3 is 2.92 bits per heavy atom. The van der Waals surface area contributed by atoms with Gasteiger partial charge in [-0.25, -0.2) is 0 Å². The van der Waals surface area contributed by atoms with Crippen LogP contribution in [0.2, 0.25) is 0 Å². The molecule has 72 valence electrons. The summed E-state index contributed by atoms with van der Waals surface area (Å²) in [5, 5.41) is 0. The van der Waals surface area contributed by atoms with Crippen molar-refractivity contribution in [3.63, 3.8) is 0 Å². The molecule has 0 saturated carbocycles. The quantitative estimate of drug-likeness (QED) is 0.826. The fourth-order valence-corrected chi connectivity index (χ4v) is 1.35. The van der Waals surface area contributed by atoms with Gasteiger partial charge in [-0.3, -0.25) is 0 Å². The largest absolute Gasteiger partial charge is 0.492 e. The molecule has 0 aliphatic carbocycles. The van der Waals surface area contributed by atoms with Crippen molar-refractivity contribution < 1.29 is 4.74 Å². The van der Waals surface area contributed by atoms with E-state index in [1.165, 1.54) is 5.56 Å². The van der Waals surface area contributed by atoms with Crippen LogP contribution in [0.4, 0.5) is 0 Å². The zero-order chi connectivity index (χ0) is 9.68. The van der Waals surface area contributed by atoms with E-state index in [1.54, 1.807) is 0 Å². The van der Waals surface area contributed by atoms with Gasteiger partial charge in [-0.05, 0) is 53.5 Å². The molecule has 13 heavy (non-hydrogen) atoms. The van der Waals surface area contributed by atoms with Crippen LogP contribution in [0.1, 0.15) is 12.0 Å². The molecule has 0 radical (unpaired) electrons. The van der Waals surface area contributed by atoms with Crippen molar-refractivity contribution in [3.8, 4) is 5.75 Å². The van der Waals surface area contributed by atoms with Crippen molar-refractivity contribution in [2.75, 3.05) is 13.2 Å². The SMILES string of the molecule is Cc1ccc(Br)c(OCCCN)c1. The van der Waals surface area contributed by atoms with Crippen molar-refractivity contribution >= 4 is 15.9 Å². The summed E-state index contributed by atoms with van der Waals surface area (Å²) in [6, 6.07) is 6.05. The molecule has 0 atom stereocenters. The first-order chi connectivity index (χ1) is 6.24. The Morgan fingerprint density at radius 1 is 1.46 bits per heavy atom. The van der Waals surface area contributed by atoms with Gasteiger partial charge in [-0.1, -0.05) is 6.07 Å². The summed E-state index contributed by atoms with van der Waals surface area (Å²) in [5.41, 5.74) is 6.57. The van der Waals surface area contributed by atoms with Gasteiger partial charge in [0.1, 0.15) is 5.75 Å². The van der Waals surface area contributed by atoms with Gasteiger partial charge in [0.05, 0.1) is 11.1 Å².